The Bertz CT molecular complexity index is 1390. The highest BCUT2D eigenvalue weighted by atomic mass is 16.5. The molecule has 1 aliphatic rings. The van der Waals surface area contributed by atoms with E-state index in [1.807, 2.05) is 57.2 Å². The molecule has 7 heteroatoms. The monoisotopic (exact) mass is 543 g/mol. The molecule has 1 fully saturated rings. The predicted molar refractivity (Wildman–Crippen MR) is 155 cm³/mol. The number of aryl methyl sites for hydroxylation is 1. The summed E-state index contributed by atoms with van der Waals surface area (Å²) in [6.07, 6.45) is 0.0400. The van der Waals surface area contributed by atoms with Gasteiger partial charge in [-0.3, -0.25) is 9.59 Å². The molecular weight excluding hydrogens is 506 g/mol. The van der Waals surface area contributed by atoms with Gasteiger partial charge in [0.25, 0.3) is 11.7 Å². The highest BCUT2D eigenvalue weighted by Crippen LogP contribution is 2.41. The molecule has 0 aromatic heterocycles. The smallest absolute Gasteiger partial charge is 0.295 e. The summed E-state index contributed by atoms with van der Waals surface area (Å²) in [6, 6.07) is 19.1. The van der Waals surface area contributed by atoms with Crippen LogP contribution in [0, 0.1) is 12.8 Å². The fourth-order valence-corrected chi connectivity index (χ4v) is 4.69. The summed E-state index contributed by atoms with van der Waals surface area (Å²) in [7, 11) is 1.57. The number of benzene rings is 3. The van der Waals surface area contributed by atoms with Gasteiger partial charge in [-0.15, -0.1) is 0 Å². The Morgan fingerprint density at radius 1 is 0.925 bits per heavy atom. The largest absolute Gasteiger partial charge is 0.507 e. The average molecular weight is 544 g/mol. The van der Waals surface area contributed by atoms with Crippen molar-refractivity contribution in [2.24, 2.45) is 5.92 Å². The second-order valence-corrected chi connectivity index (χ2v) is 10.7. The van der Waals surface area contributed by atoms with Crippen LogP contribution in [0.4, 0.5) is 0 Å². The summed E-state index contributed by atoms with van der Waals surface area (Å²) in [4.78, 5) is 28.4. The van der Waals surface area contributed by atoms with Gasteiger partial charge in [0, 0.05) is 12.1 Å². The van der Waals surface area contributed by atoms with Crippen LogP contribution in [0.3, 0.4) is 0 Å². The quantitative estimate of drug-likeness (QED) is 0.180. The van der Waals surface area contributed by atoms with Crippen LogP contribution in [0.1, 0.15) is 56.0 Å². The van der Waals surface area contributed by atoms with E-state index < -0.39 is 17.7 Å². The summed E-state index contributed by atoms with van der Waals surface area (Å²) in [5.74, 6) is 0.835. The van der Waals surface area contributed by atoms with Crippen molar-refractivity contribution in [1.29, 1.82) is 0 Å². The molecule has 1 atom stereocenters. The lowest BCUT2D eigenvalue weighted by Crippen LogP contribution is -2.29. The SMILES string of the molecule is COc1ccc(C2/C(=C(/O)c3ccc(OCC(C)C)c(C)c3)C(=O)C(=O)N2Cc2ccc(OC(C)C)cc2)cc1. The maximum absolute atomic E-state index is 13.5. The summed E-state index contributed by atoms with van der Waals surface area (Å²) >= 11 is 0. The minimum Gasteiger partial charge on any atom is -0.507 e. The molecule has 0 spiro atoms. The number of carbonyl (C=O) groups is 2. The number of aliphatic hydroxyl groups is 1. The molecule has 4 rings (SSSR count). The lowest BCUT2D eigenvalue weighted by molar-refractivity contribution is -0.140. The van der Waals surface area contributed by atoms with Gasteiger partial charge in [0.05, 0.1) is 31.4 Å². The van der Waals surface area contributed by atoms with Crippen LogP contribution in [0.25, 0.3) is 5.76 Å². The van der Waals surface area contributed by atoms with Crippen molar-refractivity contribution in [1.82, 2.24) is 4.90 Å². The Morgan fingerprint density at radius 3 is 2.15 bits per heavy atom. The number of carbonyl (C=O) groups excluding carboxylic acids is 2. The number of methoxy groups -OCH3 is 1. The molecule has 210 valence electrons. The van der Waals surface area contributed by atoms with Gasteiger partial charge in [-0.1, -0.05) is 38.1 Å². The minimum atomic E-state index is -0.783. The van der Waals surface area contributed by atoms with Gasteiger partial charge < -0.3 is 24.2 Å². The normalized spacial score (nSPS) is 16.6. The van der Waals surface area contributed by atoms with Crippen molar-refractivity contribution in [3.8, 4) is 17.2 Å². The Morgan fingerprint density at radius 2 is 1.57 bits per heavy atom. The fourth-order valence-electron chi connectivity index (χ4n) is 4.69. The van der Waals surface area contributed by atoms with Crippen LogP contribution in [-0.4, -0.2) is 41.5 Å². The molecule has 40 heavy (non-hydrogen) atoms. The van der Waals surface area contributed by atoms with Gasteiger partial charge in [0.1, 0.15) is 23.0 Å². The predicted octanol–water partition coefficient (Wildman–Crippen LogP) is 6.45. The highest BCUT2D eigenvalue weighted by Gasteiger charge is 2.46. The van der Waals surface area contributed by atoms with E-state index in [0.717, 1.165) is 16.9 Å². The van der Waals surface area contributed by atoms with Crippen LogP contribution in [0.15, 0.2) is 72.3 Å². The Hall–Kier alpha value is -4.26. The minimum absolute atomic E-state index is 0.0400. The first-order valence-electron chi connectivity index (χ1n) is 13.5. The van der Waals surface area contributed by atoms with E-state index >= 15 is 0 Å². The Balaban J connectivity index is 1.74. The van der Waals surface area contributed by atoms with Gasteiger partial charge in [-0.25, -0.2) is 0 Å². The van der Waals surface area contributed by atoms with E-state index in [2.05, 4.69) is 13.8 Å². The number of Topliss-reactive ketones (excluding diaryl/α,β-unsaturated/α-hetero) is 1. The number of hydrogen-bond acceptors (Lipinski definition) is 6. The molecular formula is C33H37NO6. The number of rotatable bonds is 10. The van der Waals surface area contributed by atoms with Crippen molar-refractivity contribution in [2.75, 3.05) is 13.7 Å². The van der Waals surface area contributed by atoms with Crippen molar-refractivity contribution in [3.05, 3.63) is 94.6 Å². The van der Waals surface area contributed by atoms with Gasteiger partial charge >= 0.3 is 0 Å². The zero-order valence-corrected chi connectivity index (χ0v) is 23.9. The van der Waals surface area contributed by atoms with E-state index in [-0.39, 0.29) is 24.0 Å². The number of hydrogen-bond donors (Lipinski definition) is 1. The summed E-state index contributed by atoms with van der Waals surface area (Å²) in [5, 5.41) is 11.5. The highest BCUT2D eigenvalue weighted by molar-refractivity contribution is 6.46. The van der Waals surface area contributed by atoms with Gasteiger partial charge in [-0.05, 0) is 85.8 Å². The Labute approximate surface area is 236 Å². The topological polar surface area (TPSA) is 85.3 Å². The molecule has 1 aliphatic heterocycles. The van der Waals surface area contributed by atoms with Gasteiger partial charge in [0.2, 0.25) is 0 Å². The summed E-state index contributed by atoms with van der Waals surface area (Å²) < 4.78 is 16.9. The van der Waals surface area contributed by atoms with E-state index in [1.54, 1.807) is 37.4 Å². The molecule has 1 unspecified atom stereocenters. The van der Waals surface area contributed by atoms with Crippen LogP contribution < -0.4 is 14.2 Å². The number of amides is 1. The van der Waals surface area contributed by atoms with Gasteiger partial charge in [-0.2, -0.15) is 0 Å². The van der Waals surface area contributed by atoms with E-state index in [9.17, 15) is 14.7 Å². The maximum atomic E-state index is 13.5. The second kappa shape index (κ2) is 12.3. The van der Waals surface area contributed by atoms with E-state index in [0.29, 0.717) is 35.2 Å². The van der Waals surface area contributed by atoms with Crippen LogP contribution in [0.5, 0.6) is 17.2 Å². The molecule has 0 radical (unpaired) electrons. The van der Waals surface area contributed by atoms with Gasteiger partial charge in [0.15, 0.2) is 0 Å². The third kappa shape index (κ3) is 6.30. The zero-order chi connectivity index (χ0) is 29.0. The van der Waals surface area contributed by atoms with E-state index in [1.165, 1.54) is 4.90 Å². The molecule has 1 amide bonds. The first-order valence-corrected chi connectivity index (χ1v) is 13.5. The molecule has 7 nitrogen and oxygen atoms in total. The number of ether oxygens (including phenoxy) is 3. The first-order chi connectivity index (χ1) is 19.1. The summed E-state index contributed by atoms with van der Waals surface area (Å²) in [5.41, 5.74) is 2.84. The number of likely N-dealkylation sites (tertiary alicyclic amines) is 1. The average Bonchev–Trinajstić information content (AvgIpc) is 3.17. The number of aliphatic hydroxyl groups excluding tert-OH is 1. The molecule has 0 saturated carbocycles. The molecule has 3 aromatic carbocycles. The maximum Gasteiger partial charge on any atom is 0.295 e. The molecule has 0 bridgehead atoms. The van der Waals surface area contributed by atoms with Crippen molar-refractivity contribution in [3.63, 3.8) is 0 Å². The standard InChI is InChI=1S/C33H37NO6/c1-20(2)19-39-28-16-11-25(17-22(28)5)31(35)29-30(24-9-14-26(38-6)15-10-24)34(33(37)32(29)36)18-23-7-12-27(13-8-23)40-21(3)4/h7-17,20-21,30,35H,18-19H2,1-6H3/b31-29-. The second-order valence-electron chi connectivity index (χ2n) is 10.7. The van der Waals surface area contributed by atoms with E-state index in [4.69, 9.17) is 14.2 Å². The van der Waals surface area contributed by atoms with Crippen molar-refractivity contribution < 1.29 is 28.9 Å². The Kier molecular flexibility index (Phi) is 8.83. The lowest BCUT2D eigenvalue weighted by atomic mass is 9.94. The number of nitrogens with zero attached hydrogens (tertiary/aromatic N) is 1. The van der Waals surface area contributed by atoms with Crippen LogP contribution in [0.2, 0.25) is 0 Å². The van der Waals surface area contributed by atoms with Crippen molar-refractivity contribution >= 4 is 17.4 Å². The molecule has 1 N–H and O–H groups in total. The third-order valence-electron chi connectivity index (χ3n) is 6.64. The third-order valence-corrected chi connectivity index (χ3v) is 6.64. The lowest BCUT2D eigenvalue weighted by Gasteiger charge is -2.26. The zero-order valence-electron chi connectivity index (χ0n) is 23.9. The molecule has 1 saturated heterocycles. The fraction of sp³-hybridized carbons (Fsp3) is 0.333. The van der Waals surface area contributed by atoms with Crippen molar-refractivity contribution in [2.45, 2.75) is 53.3 Å². The van der Waals surface area contributed by atoms with Crippen LogP contribution >= 0.6 is 0 Å². The van der Waals surface area contributed by atoms with Crippen LogP contribution in [-0.2, 0) is 16.1 Å². The molecule has 1 heterocycles. The first kappa shape index (κ1) is 28.7. The number of ketones is 1. The molecule has 3 aromatic rings. The summed E-state index contributed by atoms with van der Waals surface area (Å²) in [6.45, 7) is 10.7. The molecule has 0 aliphatic carbocycles.